The van der Waals surface area contributed by atoms with Crippen molar-refractivity contribution in [2.24, 2.45) is 5.84 Å². The summed E-state index contributed by atoms with van der Waals surface area (Å²) in [6.07, 6.45) is 0.659. The van der Waals surface area contributed by atoms with Crippen LogP contribution >= 0.6 is 11.6 Å². The molecule has 1 unspecified atom stereocenters. The van der Waals surface area contributed by atoms with E-state index in [1.165, 1.54) is 12.1 Å². The molecule has 4 heteroatoms. The molecule has 0 spiro atoms. The van der Waals surface area contributed by atoms with Gasteiger partial charge in [-0.1, -0.05) is 35.9 Å². The summed E-state index contributed by atoms with van der Waals surface area (Å²) in [4.78, 5) is 0. The number of hydrazine groups is 1. The van der Waals surface area contributed by atoms with E-state index in [-0.39, 0.29) is 11.9 Å². The molecular weight excluding hydrogens is 263 g/mol. The fraction of sp³-hybridized carbons (Fsp3) is 0.200. The van der Waals surface area contributed by atoms with Crippen molar-refractivity contribution in [3.05, 3.63) is 70.0 Å². The quantitative estimate of drug-likeness (QED) is 0.663. The van der Waals surface area contributed by atoms with Gasteiger partial charge < -0.3 is 0 Å². The maximum absolute atomic E-state index is 13.1. The molecule has 0 saturated heterocycles. The van der Waals surface area contributed by atoms with Crippen molar-refractivity contribution in [1.29, 1.82) is 0 Å². The predicted molar refractivity (Wildman–Crippen MR) is 76.4 cm³/mol. The third-order valence-corrected chi connectivity index (χ3v) is 3.55. The molecule has 2 aromatic carbocycles. The minimum atomic E-state index is -0.226. The molecule has 2 aromatic rings. The Bertz CT molecular complexity index is 572. The highest BCUT2D eigenvalue weighted by atomic mass is 35.5. The first-order valence-electron chi connectivity index (χ1n) is 6.07. The Morgan fingerprint density at radius 3 is 2.63 bits per heavy atom. The van der Waals surface area contributed by atoms with E-state index in [4.69, 9.17) is 17.4 Å². The van der Waals surface area contributed by atoms with Crippen molar-refractivity contribution in [2.75, 3.05) is 0 Å². The molecule has 0 saturated carbocycles. The Balaban J connectivity index is 2.27. The van der Waals surface area contributed by atoms with Crippen LogP contribution in [0.2, 0.25) is 5.02 Å². The molecule has 2 nitrogen and oxygen atoms in total. The zero-order chi connectivity index (χ0) is 13.8. The molecule has 3 N–H and O–H groups in total. The van der Waals surface area contributed by atoms with Gasteiger partial charge in [-0.15, -0.1) is 0 Å². The van der Waals surface area contributed by atoms with Crippen LogP contribution in [0.1, 0.15) is 22.7 Å². The first kappa shape index (κ1) is 14.0. The molecule has 0 bridgehead atoms. The van der Waals surface area contributed by atoms with Gasteiger partial charge in [0.2, 0.25) is 0 Å². The number of hydrogen-bond acceptors (Lipinski definition) is 2. The highest BCUT2D eigenvalue weighted by Crippen LogP contribution is 2.26. The van der Waals surface area contributed by atoms with Crippen molar-refractivity contribution in [1.82, 2.24) is 5.43 Å². The third-order valence-electron chi connectivity index (χ3n) is 3.21. The largest absolute Gasteiger partial charge is 0.271 e. The number of nitrogens with one attached hydrogen (secondary N) is 1. The molecule has 0 aliphatic carbocycles. The fourth-order valence-corrected chi connectivity index (χ4v) is 2.39. The zero-order valence-corrected chi connectivity index (χ0v) is 11.4. The number of benzene rings is 2. The molecule has 100 valence electrons. The minimum Gasteiger partial charge on any atom is -0.271 e. The van der Waals surface area contributed by atoms with Gasteiger partial charge in [0, 0.05) is 5.02 Å². The first-order valence-corrected chi connectivity index (χ1v) is 6.45. The van der Waals surface area contributed by atoms with Gasteiger partial charge >= 0.3 is 0 Å². The van der Waals surface area contributed by atoms with E-state index in [1.54, 1.807) is 6.07 Å². The first-order chi connectivity index (χ1) is 9.11. The van der Waals surface area contributed by atoms with Gasteiger partial charge in [0.25, 0.3) is 0 Å². The summed E-state index contributed by atoms with van der Waals surface area (Å²) in [5.41, 5.74) is 5.67. The minimum absolute atomic E-state index is 0.0992. The van der Waals surface area contributed by atoms with Gasteiger partial charge in [0.1, 0.15) is 5.82 Å². The van der Waals surface area contributed by atoms with Crippen LogP contribution in [0.25, 0.3) is 0 Å². The van der Waals surface area contributed by atoms with Gasteiger partial charge in [0.15, 0.2) is 0 Å². The van der Waals surface area contributed by atoms with E-state index in [2.05, 4.69) is 5.43 Å². The fourth-order valence-electron chi connectivity index (χ4n) is 2.12. The van der Waals surface area contributed by atoms with E-state index in [0.29, 0.717) is 11.4 Å². The Morgan fingerprint density at radius 2 is 2.00 bits per heavy atom. The molecule has 0 aromatic heterocycles. The maximum Gasteiger partial charge on any atom is 0.123 e. The Labute approximate surface area is 117 Å². The Kier molecular flexibility index (Phi) is 4.53. The molecular formula is C15H16ClFN2. The van der Waals surface area contributed by atoms with Gasteiger partial charge in [0.05, 0.1) is 6.04 Å². The third kappa shape index (κ3) is 3.32. The summed E-state index contributed by atoms with van der Waals surface area (Å²) in [6, 6.07) is 12.2. The molecule has 0 aliphatic rings. The zero-order valence-electron chi connectivity index (χ0n) is 10.7. The number of halogens is 2. The lowest BCUT2D eigenvalue weighted by Crippen LogP contribution is -2.30. The molecule has 2 rings (SSSR count). The van der Waals surface area contributed by atoms with Crippen molar-refractivity contribution >= 4 is 11.6 Å². The second-order valence-corrected chi connectivity index (χ2v) is 4.92. The van der Waals surface area contributed by atoms with E-state index >= 15 is 0 Å². The van der Waals surface area contributed by atoms with Crippen molar-refractivity contribution < 1.29 is 4.39 Å². The predicted octanol–water partition coefficient (Wildman–Crippen LogP) is 3.53. The molecule has 0 heterocycles. The highest BCUT2D eigenvalue weighted by Gasteiger charge is 2.14. The second kappa shape index (κ2) is 6.15. The molecule has 19 heavy (non-hydrogen) atoms. The van der Waals surface area contributed by atoms with Crippen molar-refractivity contribution in [2.45, 2.75) is 19.4 Å². The van der Waals surface area contributed by atoms with E-state index < -0.39 is 0 Å². The summed E-state index contributed by atoms with van der Waals surface area (Å²) in [5, 5.41) is 0.671. The second-order valence-electron chi connectivity index (χ2n) is 4.52. The van der Waals surface area contributed by atoms with Gasteiger partial charge in [-0.3, -0.25) is 11.3 Å². The van der Waals surface area contributed by atoms with Crippen molar-refractivity contribution in [3.8, 4) is 0 Å². The average molecular weight is 279 g/mol. The number of aryl methyl sites for hydroxylation is 1. The molecule has 0 aliphatic heterocycles. The standard InChI is InChI=1S/C15H16ClFN2/c1-10-8-12(17)7-6-11(10)9-15(19-18)13-4-2-3-5-14(13)16/h2-8,15,19H,9,18H2,1H3. The summed E-state index contributed by atoms with van der Waals surface area (Å²) in [5.74, 6) is 5.39. The van der Waals surface area contributed by atoms with Crippen LogP contribution in [0.3, 0.4) is 0 Å². The van der Waals surface area contributed by atoms with Crippen LogP contribution in [-0.2, 0) is 6.42 Å². The van der Waals surface area contributed by atoms with E-state index in [1.807, 2.05) is 31.2 Å². The lowest BCUT2D eigenvalue weighted by molar-refractivity contribution is 0.549. The number of nitrogens with two attached hydrogens (primary N) is 1. The van der Waals surface area contributed by atoms with Crippen molar-refractivity contribution in [3.63, 3.8) is 0 Å². The SMILES string of the molecule is Cc1cc(F)ccc1CC(NN)c1ccccc1Cl. The molecule has 0 radical (unpaired) electrons. The normalized spacial score (nSPS) is 12.4. The Hall–Kier alpha value is -1.42. The van der Waals surface area contributed by atoms with Crippen LogP contribution in [0.5, 0.6) is 0 Å². The topological polar surface area (TPSA) is 38.0 Å². The Morgan fingerprint density at radius 1 is 1.26 bits per heavy atom. The van der Waals surface area contributed by atoms with E-state index in [9.17, 15) is 4.39 Å². The lowest BCUT2D eigenvalue weighted by atomic mass is 9.96. The van der Waals surface area contributed by atoms with Gasteiger partial charge in [-0.25, -0.2) is 4.39 Å². The molecule has 1 atom stereocenters. The lowest BCUT2D eigenvalue weighted by Gasteiger charge is -2.19. The van der Waals surface area contributed by atoms with Crippen LogP contribution in [0.15, 0.2) is 42.5 Å². The maximum atomic E-state index is 13.1. The van der Waals surface area contributed by atoms with Crippen LogP contribution in [0, 0.1) is 12.7 Å². The van der Waals surface area contributed by atoms with E-state index in [0.717, 1.165) is 16.7 Å². The highest BCUT2D eigenvalue weighted by molar-refractivity contribution is 6.31. The monoisotopic (exact) mass is 278 g/mol. The van der Waals surface area contributed by atoms with Gasteiger partial charge in [-0.05, 0) is 48.2 Å². The smallest absolute Gasteiger partial charge is 0.123 e. The van der Waals surface area contributed by atoms with Crippen LogP contribution in [-0.4, -0.2) is 0 Å². The average Bonchev–Trinajstić information content (AvgIpc) is 2.39. The van der Waals surface area contributed by atoms with Gasteiger partial charge in [-0.2, -0.15) is 0 Å². The summed E-state index contributed by atoms with van der Waals surface area (Å²) in [6.45, 7) is 1.89. The summed E-state index contributed by atoms with van der Waals surface area (Å²) < 4.78 is 13.1. The molecule has 0 fully saturated rings. The number of hydrogen-bond donors (Lipinski definition) is 2. The van der Waals surface area contributed by atoms with Crippen LogP contribution in [0.4, 0.5) is 4.39 Å². The summed E-state index contributed by atoms with van der Waals surface area (Å²) >= 11 is 6.17. The molecule has 0 amide bonds. The number of rotatable bonds is 4. The van der Waals surface area contributed by atoms with Crippen LogP contribution < -0.4 is 11.3 Å². The summed E-state index contributed by atoms with van der Waals surface area (Å²) in [7, 11) is 0.